The van der Waals surface area contributed by atoms with Crippen LogP contribution in [-0.2, 0) is 6.42 Å². The number of nitrogens with one attached hydrogen (secondary N) is 2. The van der Waals surface area contributed by atoms with Crippen LogP contribution in [0, 0.1) is 0 Å². The molecule has 1 fully saturated rings. The number of aromatic amines is 1. The van der Waals surface area contributed by atoms with Gasteiger partial charge in [-0.15, -0.1) is 0 Å². The second kappa shape index (κ2) is 6.21. The molecule has 0 radical (unpaired) electrons. The third kappa shape index (κ3) is 4.52. The van der Waals surface area contributed by atoms with E-state index in [1.54, 1.807) is 17.8 Å². The molecule has 1 aliphatic carbocycles. The molecule has 2 rings (SSSR count). The topological polar surface area (TPSA) is 57.8 Å². The lowest BCUT2D eigenvalue weighted by Crippen LogP contribution is -2.19. The Bertz CT molecular complexity index is 414. The van der Waals surface area contributed by atoms with E-state index < -0.39 is 0 Å². The normalized spacial score (nSPS) is 15.1. The van der Waals surface area contributed by atoms with Gasteiger partial charge in [0.05, 0.1) is 0 Å². The summed E-state index contributed by atoms with van der Waals surface area (Å²) in [6, 6.07) is 2.34. The van der Waals surface area contributed by atoms with E-state index in [-0.39, 0.29) is 5.56 Å². The molecule has 0 unspecified atom stereocenters. The van der Waals surface area contributed by atoms with Crippen LogP contribution in [0.1, 0.15) is 31.9 Å². The van der Waals surface area contributed by atoms with Crippen LogP contribution in [0.25, 0.3) is 0 Å². The zero-order valence-electron chi connectivity index (χ0n) is 10.2. The summed E-state index contributed by atoms with van der Waals surface area (Å²) in [7, 11) is 0. The molecule has 1 saturated carbocycles. The van der Waals surface area contributed by atoms with E-state index in [0.717, 1.165) is 42.0 Å². The van der Waals surface area contributed by atoms with Crippen molar-refractivity contribution in [3.05, 3.63) is 22.1 Å². The molecule has 1 aromatic rings. The van der Waals surface area contributed by atoms with Gasteiger partial charge in [0.15, 0.2) is 5.16 Å². The first-order valence-corrected chi connectivity index (χ1v) is 7.23. The van der Waals surface area contributed by atoms with Crippen LogP contribution >= 0.6 is 11.8 Å². The minimum atomic E-state index is -0.0406. The summed E-state index contributed by atoms with van der Waals surface area (Å²) in [4.78, 5) is 18.6. The number of thioether (sulfide) groups is 1. The molecule has 0 amide bonds. The van der Waals surface area contributed by atoms with Crippen molar-refractivity contribution >= 4 is 11.8 Å². The van der Waals surface area contributed by atoms with Crippen LogP contribution < -0.4 is 10.9 Å². The maximum atomic E-state index is 11.4. The van der Waals surface area contributed by atoms with E-state index in [9.17, 15) is 4.79 Å². The highest BCUT2D eigenvalue weighted by atomic mass is 32.2. The molecule has 1 aliphatic rings. The van der Waals surface area contributed by atoms with Crippen molar-refractivity contribution in [2.75, 3.05) is 12.3 Å². The molecule has 4 nitrogen and oxygen atoms in total. The molecule has 1 aromatic heterocycles. The van der Waals surface area contributed by atoms with Gasteiger partial charge >= 0.3 is 0 Å². The fourth-order valence-corrected chi connectivity index (χ4v) is 2.40. The summed E-state index contributed by atoms with van der Waals surface area (Å²) in [5.41, 5.74) is 0.856. The van der Waals surface area contributed by atoms with Crippen molar-refractivity contribution in [1.82, 2.24) is 15.3 Å². The van der Waals surface area contributed by atoms with Gasteiger partial charge in [-0.25, -0.2) is 4.98 Å². The molecule has 94 valence electrons. The van der Waals surface area contributed by atoms with Gasteiger partial charge < -0.3 is 10.3 Å². The van der Waals surface area contributed by atoms with E-state index in [1.807, 2.05) is 0 Å². The minimum Gasteiger partial charge on any atom is -0.313 e. The smallest absolute Gasteiger partial charge is 0.251 e. The molecule has 2 N–H and O–H groups in total. The van der Waals surface area contributed by atoms with E-state index in [4.69, 9.17) is 0 Å². The average Bonchev–Trinajstić information content (AvgIpc) is 3.08. The molecule has 0 saturated heterocycles. The predicted octanol–water partition coefficient (Wildman–Crippen LogP) is 1.57. The summed E-state index contributed by atoms with van der Waals surface area (Å²) in [6.07, 6.45) is 4.51. The molecule has 0 atom stereocenters. The minimum absolute atomic E-state index is 0.0406. The Morgan fingerprint density at radius 1 is 1.59 bits per heavy atom. The Morgan fingerprint density at radius 2 is 2.41 bits per heavy atom. The average molecular weight is 253 g/mol. The summed E-state index contributed by atoms with van der Waals surface area (Å²) >= 11 is 1.62. The van der Waals surface area contributed by atoms with E-state index in [2.05, 4.69) is 22.2 Å². The molecule has 0 bridgehead atoms. The first-order valence-electron chi connectivity index (χ1n) is 6.24. The summed E-state index contributed by atoms with van der Waals surface area (Å²) < 4.78 is 0. The number of aryl methyl sites for hydroxylation is 1. The van der Waals surface area contributed by atoms with Crippen LogP contribution in [0.15, 0.2) is 16.0 Å². The second-order valence-corrected chi connectivity index (χ2v) is 5.45. The van der Waals surface area contributed by atoms with Crippen LogP contribution in [0.2, 0.25) is 0 Å². The van der Waals surface area contributed by atoms with Gasteiger partial charge in [-0.1, -0.05) is 25.1 Å². The lowest BCUT2D eigenvalue weighted by molar-refractivity contribution is 0.724. The fraction of sp³-hybridized carbons (Fsp3) is 0.667. The van der Waals surface area contributed by atoms with Gasteiger partial charge in [0, 0.05) is 30.1 Å². The highest BCUT2D eigenvalue weighted by molar-refractivity contribution is 7.99. The van der Waals surface area contributed by atoms with Gasteiger partial charge in [-0.3, -0.25) is 4.79 Å². The first-order chi connectivity index (χ1) is 8.28. The van der Waals surface area contributed by atoms with Crippen molar-refractivity contribution in [1.29, 1.82) is 0 Å². The maximum absolute atomic E-state index is 11.4. The third-order valence-electron chi connectivity index (χ3n) is 2.63. The Kier molecular flexibility index (Phi) is 4.62. The highest BCUT2D eigenvalue weighted by Crippen LogP contribution is 2.19. The van der Waals surface area contributed by atoms with Crippen LogP contribution in [0.4, 0.5) is 0 Å². The Balaban J connectivity index is 1.83. The van der Waals surface area contributed by atoms with Crippen LogP contribution in [0.5, 0.6) is 0 Å². The van der Waals surface area contributed by atoms with Crippen molar-refractivity contribution in [2.45, 2.75) is 43.8 Å². The maximum Gasteiger partial charge on any atom is 0.251 e. The fourth-order valence-electron chi connectivity index (χ4n) is 1.63. The number of hydrogen-bond donors (Lipinski definition) is 2. The van der Waals surface area contributed by atoms with Crippen molar-refractivity contribution in [3.8, 4) is 0 Å². The third-order valence-corrected chi connectivity index (χ3v) is 3.51. The number of hydrogen-bond acceptors (Lipinski definition) is 4. The summed E-state index contributed by atoms with van der Waals surface area (Å²) in [6.45, 7) is 3.08. The number of nitrogens with zero attached hydrogens (tertiary/aromatic N) is 1. The molecule has 0 aliphatic heterocycles. The van der Waals surface area contributed by atoms with E-state index >= 15 is 0 Å². The van der Waals surface area contributed by atoms with E-state index in [0.29, 0.717) is 0 Å². The number of aromatic nitrogens is 2. The Hall–Kier alpha value is -0.810. The number of rotatable bonds is 7. The zero-order chi connectivity index (χ0) is 12.1. The molecule has 0 spiro atoms. The van der Waals surface area contributed by atoms with Crippen molar-refractivity contribution in [2.24, 2.45) is 0 Å². The summed E-state index contributed by atoms with van der Waals surface area (Å²) in [5, 5.41) is 4.19. The zero-order valence-corrected chi connectivity index (χ0v) is 11.0. The predicted molar refractivity (Wildman–Crippen MR) is 70.6 cm³/mol. The molecule has 1 heterocycles. The van der Waals surface area contributed by atoms with Crippen molar-refractivity contribution in [3.63, 3.8) is 0 Å². The number of H-pyrrole nitrogens is 1. The molecular weight excluding hydrogens is 234 g/mol. The standard InChI is InChI=1S/C12H19N3OS/c1-2-3-10-8-11(16)15-12(14-10)17-7-6-13-9-4-5-9/h8-9,13H,2-7H2,1H3,(H,14,15,16). The van der Waals surface area contributed by atoms with Gasteiger partial charge in [0.1, 0.15) is 0 Å². The second-order valence-electron chi connectivity index (χ2n) is 4.37. The molecule has 0 aromatic carbocycles. The quantitative estimate of drug-likeness (QED) is 0.440. The summed E-state index contributed by atoms with van der Waals surface area (Å²) in [5.74, 6) is 0.953. The van der Waals surface area contributed by atoms with Crippen LogP contribution in [0.3, 0.4) is 0 Å². The van der Waals surface area contributed by atoms with Gasteiger partial charge in [0.25, 0.3) is 5.56 Å². The lowest BCUT2D eigenvalue weighted by Gasteiger charge is -2.04. The van der Waals surface area contributed by atoms with Crippen molar-refractivity contribution < 1.29 is 0 Å². The lowest BCUT2D eigenvalue weighted by atomic mass is 10.2. The highest BCUT2D eigenvalue weighted by Gasteiger charge is 2.19. The van der Waals surface area contributed by atoms with Gasteiger partial charge in [0.2, 0.25) is 0 Å². The molecule has 17 heavy (non-hydrogen) atoms. The van der Waals surface area contributed by atoms with Gasteiger partial charge in [-0.2, -0.15) is 0 Å². The van der Waals surface area contributed by atoms with E-state index in [1.165, 1.54) is 12.8 Å². The SMILES string of the molecule is CCCc1cc(=O)[nH]c(SCCNC2CC2)n1. The molecule has 5 heteroatoms. The monoisotopic (exact) mass is 253 g/mol. The Labute approximate surface area is 106 Å². The molecular formula is C12H19N3OS. The Morgan fingerprint density at radius 3 is 3.12 bits per heavy atom. The van der Waals surface area contributed by atoms with Gasteiger partial charge in [-0.05, 0) is 19.3 Å². The first kappa shape index (κ1) is 12.6. The largest absolute Gasteiger partial charge is 0.313 e. The van der Waals surface area contributed by atoms with Crippen LogP contribution in [-0.4, -0.2) is 28.3 Å².